The van der Waals surface area contributed by atoms with E-state index in [9.17, 15) is 24.3 Å². The number of carbonyl (C=O) groups excluding carboxylic acids is 3. The molecule has 1 aliphatic carbocycles. The van der Waals surface area contributed by atoms with Crippen molar-refractivity contribution in [1.82, 2.24) is 9.80 Å². The minimum Gasteiger partial charge on any atom is -0.496 e. The number of aliphatic carboxylic acids is 1. The Morgan fingerprint density at radius 3 is 2.26 bits per heavy atom. The van der Waals surface area contributed by atoms with Crippen molar-refractivity contribution in [1.29, 1.82) is 0 Å². The second-order valence-corrected chi connectivity index (χ2v) is 9.43. The molecule has 2 aromatic rings. The molecule has 1 fully saturated rings. The predicted molar refractivity (Wildman–Crippen MR) is 126 cm³/mol. The van der Waals surface area contributed by atoms with Crippen LogP contribution in [0.3, 0.4) is 0 Å². The smallest absolute Gasteiger partial charge is 0.307 e. The summed E-state index contributed by atoms with van der Waals surface area (Å²) in [7, 11) is 1.59. The molecule has 2 aromatic carbocycles. The third kappa shape index (κ3) is 3.87. The molecular formula is C27H28N2O6. The Morgan fingerprint density at radius 2 is 1.63 bits per heavy atom. The number of carboxylic acids is 1. The Balaban J connectivity index is 1.52. The number of hydrogen-bond donors (Lipinski definition) is 1. The molecule has 8 nitrogen and oxygen atoms in total. The average Bonchev–Trinajstić information content (AvgIpc) is 3.13. The van der Waals surface area contributed by atoms with Crippen molar-refractivity contribution in [3.8, 4) is 5.75 Å². The molecule has 0 unspecified atom stereocenters. The fourth-order valence-electron chi connectivity index (χ4n) is 5.88. The van der Waals surface area contributed by atoms with E-state index in [2.05, 4.69) is 0 Å². The Hall–Kier alpha value is -3.68. The van der Waals surface area contributed by atoms with Crippen LogP contribution >= 0.6 is 0 Å². The lowest BCUT2D eigenvalue weighted by Gasteiger charge is -2.42. The van der Waals surface area contributed by atoms with Crippen LogP contribution in [0, 0.1) is 11.8 Å². The van der Waals surface area contributed by atoms with Gasteiger partial charge >= 0.3 is 5.97 Å². The predicted octanol–water partition coefficient (Wildman–Crippen LogP) is 3.31. The summed E-state index contributed by atoms with van der Waals surface area (Å²) in [6.45, 7) is 0.367. The van der Waals surface area contributed by atoms with Gasteiger partial charge in [0.05, 0.1) is 42.7 Å². The van der Waals surface area contributed by atoms with Gasteiger partial charge in [-0.1, -0.05) is 37.1 Å². The number of carboxylic acid groups (broad SMARTS) is 1. The third-order valence-corrected chi connectivity index (χ3v) is 7.64. The second-order valence-electron chi connectivity index (χ2n) is 9.43. The Kier molecular flexibility index (Phi) is 6.05. The maximum absolute atomic E-state index is 13.8. The number of amides is 3. The largest absolute Gasteiger partial charge is 0.496 e. The van der Waals surface area contributed by atoms with Crippen molar-refractivity contribution >= 4 is 23.7 Å². The van der Waals surface area contributed by atoms with E-state index in [0.717, 1.165) is 24.0 Å². The molecule has 3 amide bonds. The molecule has 0 radical (unpaired) electrons. The summed E-state index contributed by atoms with van der Waals surface area (Å²) in [4.78, 5) is 54.9. The number of fused-ring (bicyclic) bond motifs is 2. The summed E-state index contributed by atoms with van der Waals surface area (Å²) >= 11 is 0. The summed E-state index contributed by atoms with van der Waals surface area (Å²) in [5.74, 6) is -2.56. The number of benzene rings is 2. The van der Waals surface area contributed by atoms with Gasteiger partial charge < -0.3 is 14.7 Å². The van der Waals surface area contributed by atoms with Crippen LogP contribution in [0.4, 0.5) is 0 Å². The number of rotatable bonds is 5. The van der Waals surface area contributed by atoms with Crippen LogP contribution in [0.5, 0.6) is 5.75 Å². The normalized spacial score (nSPS) is 23.6. The molecule has 0 saturated heterocycles. The summed E-state index contributed by atoms with van der Waals surface area (Å²) in [5.41, 5.74) is 2.48. The van der Waals surface area contributed by atoms with E-state index in [0.29, 0.717) is 42.7 Å². The van der Waals surface area contributed by atoms with E-state index in [4.69, 9.17) is 4.74 Å². The van der Waals surface area contributed by atoms with E-state index in [1.165, 1.54) is 4.90 Å². The monoisotopic (exact) mass is 476 g/mol. The lowest BCUT2D eigenvalue weighted by molar-refractivity contribution is -0.153. The first kappa shape index (κ1) is 23.1. The highest BCUT2D eigenvalue weighted by molar-refractivity contribution is 6.21. The maximum Gasteiger partial charge on any atom is 0.307 e. The van der Waals surface area contributed by atoms with Crippen molar-refractivity contribution in [3.63, 3.8) is 0 Å². The van der Waals surface area contributed by atoms with Crippen molar-refractivity contribution in [2.24, 2.45) is 11.8 Å². The van der Waals surface area contributed by atoms with Crippen LogP contribution in [0.25, 0.3) is 0 Å². The first-order valence-corrected chi connectivity index (χ1v) is 12.1. The highest BCUT2D eigenvalue weighted by Gasteiger charge is 2.44. The number of carbonyl (C=O) groups is 4. The van der Waals surface area contributed by atoms with Crippen LogP contribution in [-0.2, 0) is 16.0 Å². The van der Waals surface area contributed by atoms with Gasteiger partial charge in [0.15, 0.2) is 0 Å². The zero-order valence-electron chi connectivity index (χ0n) is 19.6. The van der Waals surface area contributed by atoms with Crippen LogP contribution in [0.2, 0.25) is 0 Å². The van der Waals surface area contributed by atoms with E-state index in [1.54, 1.807) is 36.3 Å². The van der Waals surface area contributed by atoms with Gasteiger partial charge in [0, 0.05) is 12.1 Å². The van der Waals surface area contributed by atoms with Gasteiger partial charge in [-0.05, 0) is 43.0 Å². The molecule has 0 spiro atoms. The second kappa shape index (κ2) is 9.17. The first-order chi connectivity index (χ1) is 16.9. The van der Waals surface area contributed by atoms with E-state index >= 15 is 0 Å². The fourth-order valence-corrected chi connectivity index (χ4v) is 5.88. The van der Waals surface area contributed by atoms with E-state index < -0.39 is 23.8 Å². The third-order valence-electron chi connectivity index (χ3n) is 7.64. The van der Waals surface area contributed by atoms with Crippen LogP contribution in [0.1, 0.15) is 63.6 Å². The molecule has 35 heavy (non-hydrogen) atoms. The fraction of sp³-hybridized carbons (Fsp3) is 0.407. The molecule has 1 N–H and O–H groups in total. The molecular weight excluding hydrogens is 448 g/mol. The minimum atomic E-state index is -0.945. The molecule has 2 aliphatic heterocycles. The van der Waals surface area contributed by atoms with Gasteiger partial charge in [-0.2, -0.15) is 0 Å². The Morgan fingerprint density at radius 1 is 0.971 bits per heavy atom. The SMILES string of the molecule is COc1cccc2c1CCN(C(=O)[C@@H]1CCCC[C@@H]1C(=O)O)[C@@H]2CN1C(=O)c2ccccc2C1=O. The number of methoxy groups -OCH3 is 1. The lowest BCUT2D eigenvalue weighted by Crippen LogP contribution is -2.50. The Labute approximate surface area is 203 Å². The Bertz CT molecular complexity index is 1170. The minimum absolute atomic E-state index is 0.00269. The van der Waals surface area contributed by atoms with Gasteiger partial charge in [-0.3, -0.25) is 24.1 Å². The molecule has 3 aliphatic rings. The topological polar surface area (TPSA) is 104 Å². The zero-order chi connectivity index (χ0) is 24.7. The lowest BCUT2D eigenvalue weighted by atomic mass is 9.77. The van der Waals surface area contributed by atoms with Gasteiger partial charge in [-0.25, -0.2) is 0 Å². The average molecular weight is 477 g/mol. The molecule has 3 atom stereocenters. The molecule has 182 valence electrons. The number of ether oxygens (including phenoxy) is 1. The summed E-state index contributed by atoms with van der Waals surface area (Å²) in [6.07, 6.45) is 3.15. The van der Waals surface area contributed by atoms with Crippen LogP contribution in [-0.4, -0.2) is 58.8 Å². The van der Waals surface area contributed by atoms with Crippen molar-refractivity contribution in [2.75, 3.05) is 20.2 Å². The van der Waals surface area contributed by atoms with Crippen molar-refractivity contribution < 1.29 is 29.0 Å². The summed E-state index contributed by atoms with van der Waals surface area (Å²) in [5, 5.41) is 9.76. The number of nitrogens with zero attached hydrogens (tertiary/aromatic N) is 2. The van der Waals surface area contributed by atoms with Crippen molar-refractivity contribution in [3.05, 3.63) is 64.7 Å². The van der Waals surface area contributed by atoms with Gasteiger partial charge in [-0.15, -0.1) is 0 Å². The quantitative estimate of drug-likeness (QED) is 0.664. The molecule has 0 bridgehead atoms. The van der Waals surface area contributed by atoms with E-state index in [1.807, 2.05) is 18.2 Å². The zero-order valence-corrected chi connectivity index (χ0v) is 19.6. The summed E-state index contributed by atoms with van der Waals surface area (Å²) < 4.78 is 5.56. The molecule has 0 aromatic heterocycles. The van der Waals surface area contributed by atoms with Gasteiger partial charge in [0.1, 0.15) is 5.75 Å². The summed E-state index contributed by atoms with van der Waals surface area (Å²) in [6, 6.07) is 11.7. The van der Waals surface area contributed by atoms with Gasteiger partial charge in [0.25, 0.3) is 11.8 Å². The first-order valence-electron chi connectivity index (χ1n) is 12.1. The maximum atomic E-state index is 13.8. The standard InChI is InChI=1S/C27H28N2O6/c1-35-23-12-6-11-16-17(23)13-14-28(24(30)20-9-4-5-10-21(20)27(33)34)22(16)15-29-25(31)18-7-2-3-8-19(18)26(29)32/h2-3,6-8,11-12,20-22H,4-5,9-10,13-15H2,1H3,(H,33,34)/t20-,21+,22-/m1/s1. The van der Waals surface area contributed by atoms with Crippen LogP contribution in [0.15, 0.2) is 42.5 Å². The van der Waals surface area contributed by atoms with Crippen molar-refractivity contribution in [2.45, 2.75) is 38.1 Å². The highest BCUT2D eigenvalue weighted by Crippen LogP contribution is 2.40. The molecule has 5 rings (SSSR count). The molecule has 2 heterocycles. The van der Waals surface area contributed by atoms with Gasteiger partial charge in [0.2, 0.25) is 5.91 Å². The highest BCUT2D eigenvalue weighted by atomic mass is 16.5. The number of imide groups is 1. The van der Waals surface area contributed by atoms with E-state index in [-0.39, 0.29) is 24.3 Å². The number of hydrogen-bond acceptors (Lipinski definition) is 5. The molecule has 8 heteroatoms. The molecule has 1 saturated carbocycles. The van der Waals surface area contributed by atoms with Crippen LogP contribution < -0.4 is 4.74 Å².